The van der Waals surface area contributed by atoms with Gasteiger partial charge in [-0.3, -0.25) is 0 Å². The second-order valence-electron chi connectivity index (χ2n) is 4.34. The van der Waals surface area contributed by atoms with E-state index in [1.807, 2.05) is 18.5 Å². The number of rotatable bonds is 5. The maximum absolute atomic E-state index is 13.7. The molecule has 0 saturated heterocycles. The zero-order chi connectivity index (χ0) is 13.8. The first-order chi connectivity index (χ1) is 9.13. The minimum absolute atomic E-state index is 0.212. The summed E-state index contributed by atoms with van der Waals surface area (Å²) in [6, 6.07) is 6.94. The van der Waals surface area contributed by atoms with Crippen LogP contribution in [0.1, 0.15) is 25.6 Å². The molecule has 0 spiro atoms. The molecule has 1 aromatic carbocycles. The predicted molar refractivity (Wildman–Crippen MR) is 78.7 cm³/mol. The first-order valence-electron chi connectivity index (χ1n) is 6.30. The van der Waals surface area contributed by atoms with E-state index in [1.54, 1.807) is 17.0 Å². The average Bonchev–Trinajstić information content (AvgIpc) is 2.88. The number of thiazole rings is 1. The molecule has 1 heterocycles. The molecule has 0 amide bonds. The van der Waals surface area contributed by atoms with Crippen LogP contribution in [0.3, 0.4) is 0 Å². The zero-order valence-electron chi connectivity index (χ0n) is 11.4. The van der Waals surface area contributed by atoms with Crippen LogP contribution in [0.2, 0.25) is 0 Å². The second-order valence-corrected chi connectivity index (χ2v) is 5.18. The van der Waals surface area contributed by atoms with Crippen molar-refractivity contribution in [3.8, 4) is 0 Å². The predicted octanol–water partition coefficient (Wildman–Crippen LogP) is 3.72. The summed E-state index contributed by atoms with van der Waals surface area (Å²) >= 11 is 1.52. The average molecular weight is 279 g/mol. The smallest absolute Gasteiger partial charge is 0.189 e. The fraction of sp³-hybridized carbons (Fsp3) is 0.357. The molecule has 5 heteroatoms. The third-order valence-corrected chi connectivity index (χ3v) is 3.90. The third kappa shape index (κ3) is 3.11. The van der Waals surface area contributed by atoms with E-state index in [2.05, 4.69) is 24.1 Å². The summed E-state index contributed by atoms with van der Waals surface area (Å²) in [6.45, 7) is 5.04. The SMILES string of the molecule is CCNC(C)c1csc(N(C)c2ccccc2F)n1. The highest BCUT2D eigenvalue weighted by Crippen LogP contribution is 2.30. The van der Waals surface area contributed by atoms with Gasteiger partial charge in [-0.15, -0.1) is 11.3 Å². The molecule has 0 radical (unpaired) electrons. The molecule has 2 rings (SSSR count). The normalized spacial score (nSPS) is 12.4. The lowest BCUT2D eigenvalue weighted by Crippen LogP contribution is -2.18. The number of para-hydroxylation sites is 1. The van der Waals surface area contributed by atoms with Crippen LogP contribution in [0.4, 0.5) is 15.2 Å². The Labute approximate surface area is 117 Å². The molecule has 1 unspecified atom stereocenters. The van der Waals surface area contributed by atoms with Gasteiger partial charge in [-0.05, 0) is 25.6 Å². The van der Waals surface area contributed by atoms with E-state index < -0.39 is 0 Å². The summed E-state index contributed by atoms with van der Waals surface area (Å²) in [7, 11) is 1.83. The van der Waals surface area contributed by atoms with Crippen LogP contribution in [0.5, 0.6) is 0 Å². The summed E-state index contributed by atoms with van der Waals surface area (Å²) in [5.41, 5.74) is 1.53. The number of halogens is 1. The molecule has 1 N–H and O–H groups in total. The highest BCUT2D eigenvalue weighted by molar-refractivity contribution is 7.13. The number of nitrogens with one attached hydrogen (secondary N) is 1. The van der Waals surface area contributed by atoms with Gasteiger partial charge in [-0.1, -0.05) is 19.1 Å². The van der Waals surface area contributed by atoms with Gasteiger partial charge in [0.25, 0.3) is 0 Å². The quantitative estimate of drug-likeness (QED) is 0.904. The number of anilines is 2. The van der Waals surface area contributed by atoms with E-state index in [1.165, 1.54) is 17.4 Å². The highest BCUT2D eigenvalue weighted by Gasteiger charge is 2.14. The lowest BCUT2D eigenvalue weighted by molar-refractivity contribution is 0.586. The molecule has 2 aromatic rings. The summed E-state index contributed by atoms with van der Waals surface area (Å²) in [6.07, 6.45) is 0. The van der Waals surface area contributed by atoms with Crippen molar-refractivity contribution < 1.29 is 4.39 Å². The van der Waals surface area contributed by atoms with E-state index in [0.717, 1.165) is 17.4 Å². The maximum atomic E-state index is 13.7. The molecule has 1 atom stereocenters. The number of hydrogen-bond acceptors (Lipinski definition) is 4. The van der Waals surface area contributed by atoms with Crippen LogP contribution in [0, 0.1) is 5.82 Å². The minimum atomic E-state index is -0.235. The van der Waals surface area contributed by atoms with Crippen molar-refractivity contribution in [2.45, 2.75) is 19.9 Å². The summed E-state index contributed by atoms with van der Waals surface area (Å²) in [5, 5.41) is 6.13. The first-order valence-corrected chi connectivity index (χ1v) is 7.18. The number of benzene rings is 1. The standard InChI is InChI=1S/C14H18FN3S/c1-4-16-10(2)12-9-19-14(17-12)18(3)13-8-6-5-7-11(13)15/h5-10,16H,4H2,1-3H3. The molecule has 1 aromatic heterocycles. The Balaban J connectivity index is 2.21. The van der Waals surface area contributed by atoms with Gasteiger partial charge in [-0.25, -0.2) is 9.37 Å². The van der Waals surface area contributed by atoms with Gasteiger partial charge in [0.2, 0.25) is 0 Å². The largest absolute Gasteiger partial charge is 0.318 e. The fourth-order valence-electron chi connectivity index (χ4n) is 1.87. The van der Waals surface area contributed by atoms with Crippen LogP contribution < -0.4 is 10.2 Å². The van der Waals surface area contributed by atoms with Crippen molar-refractivity contribution >= 4 is 22.2 Å². The Hall–Kier alpha value is -1.46. The lowest BCUT2D eigenvalue weighted by Gasteiger charge is -2.16. The number of hydrogen-bond donors (Lipinski definition) is 1. The molecule has 0 bridgehead atoms. The van der Waals surface area contributed by atoms with Crippen molar-refractivity contribution in [2.24, 2.45) is 0 Å². The van der Waals surface area contributed by atoms with Crippen molar-refractivity contribution in [3.05, 3.63) is 41.2 Å². The van der Waals surface area contributed by atoms with E-state index in [0.29, 0.717) is 5.69 Å². The first kappa shape index (κ1) is 14.0. The van der Waals surface area contributed by atoms with Crippen molar-refractivity contribution in [2.75, 3.05) is 18.5 Å². The minimum Gasteiger partial charge on any atom is -0.318 e. The van der Waals surface area contributed by atoms with Crippen molar-refractivity contribution in [1.82, 2.24) is 10.3 Å². The van der Waals surface area contributed by atoms with Gasteiger partial charge in [0.05, 0.1) is 11.4 Å². The van der Waals surface area contributed by atoms with Gasteiger partial charge >= 0.3 is 0 Å². The number of nitrogens with zero attached hydrogens (tertiary/aromatic N) is 2. The molecule has 102 valence electrons. The van der Waals surface area contributed by atoms with Crippen molar-refractivity contribution in [1.29, 1.82) is 0 Å². The van der Waals surface area contributed by atoms with Crippen molar-refractivity contribution in [3.63, 3.8) is 0 Å². The Morgan fingerprint density at radius 2 is 2.16 bits per heavy atom. The van der Waals surface area contributed by atoms with Gasteiger partial charge in [-0.2, -0.15) is 0 Å². The molecule has 19 heavy (non-hydrogen) atoms. The molecule has 0 saturated carbocycles. The van der Waals surface area contributed by atoms with E-state index >= 15 is 0 Å². The second kappa shape index (κ2) is 6.12. The van der Waals surface area contributed by atoms with E-state index in [4.69, 9.17) is 0 Å². The zero-order valence-corrected chi connectivity index (χ0v) is 12.2. The third-order valence-electron chi connectivity index (χ3n) is 2.96. The van der Waals surface area contributed by atoms with Crippen LogP contribution >= 0.6 is 11.3 Å². The highest BCUT2D eigenvalue weighted by atomic mass is 32.1. The Kier molecular flexibility index (Phi) is 4.50. The topological polar surface area (TPSA) is 28.2 Å². The summed E-state index contributed by atoms with van der Waals surface area (Å²) in [4.78, 5) is 6.34. The molecular formula is C14H18FN3S. The Bertz CT molecular complexity index is 541. The van der Waals surface area contributed by atoms with Gasteiger partial charge < -0.3 is 10.2 Å². The molecule has 0 aliphatic heterocycles. The molecule has 0 aliphatic rings. The summed E-state index contributed by atoms with van der Waals surface area (Å²) in [5.74, 6) is -0.235. The van der Waals surface area contributed by atoms with Gasteiger partial charge in [0.1, 0.15) is 5.82 Å². The van der Waals surface area contributed by atoms with Crippen LogP contribution in [0.25, 0.3) is 0 Å². The Morgan fingerprint density at radius 1 is 1.42 bits per heavy atom. The van der Waals surface area contributed by atoms with Crippen LogP contribution in [0.15, 0.2) is 29.6 Å². The fourth-order valence-corrected chi connectivity index (χ4v) is 2.76. The van der Waals surface area contributed by atoms with Gasteiger partial charge in [0, 0.05) is 18.5 Å². The van der Waals surface area contributed by atoms with Gasteiger partial charge in [0.15, 0.2) is 5.13 Å². The monoisotopic (exact) mass is 279 g/mol. The number of aromatic nitrogens is 1. The molecule has 3 nitrogen and oxygen atoms in total. The summed E-state index contributed by atoms with van der Waals surface area (Å²) < 4.78 is 13.7. The maximum Gasteiger partial charge on any atom is 0.189 e. The molecular weight excluding hydrogens is 261 g/mol. The molecule has 0 fully saturated rings. The lowest BCUT2D eigenvalue weighted by atomic mass is 10.2. The van der Waals surface area contributed by atoms with E-state index in [9.17, 15) is 4.39 Å². The molecule has 0 aliphatic carbocycles. The van der Waals surface area contributed by atoms with Crippen LogP contribution in [-0.4, -0.2) is 18.6 Å². The van der Waals surface area contributed by atoms with E-state index in [-0.39, 0.29) is 11.9 Å². The van der Waals surface area contributed by atoms with Crippen LogP contribution in [-0.2, 0) is 0 Å². The Morgan fingerprint density at radius 3 is 2.84 bits per heavy atom.